The molecule has 0 aromatic carbocycles. The van der Waals surface area contributed by atoms with Crippen molar-refractivity contribution in [2.24, 2.45) is 5.73 Å². The van der Waals surface area contributed by atoms with E-state index in [4.69, 9.17) is 19.9 Å². The van der Waals surface area contributed by atoms with Gasteiger partial charge in [0, 0.05) is 26.9 Å². The van der Waals surface area contributed by atoms with Crippen molar-refractivity contribution in [1.29, 1.82) is 0 Å². The smallest absolute Gasteiger partial charge is 0.293 e. The van der Waals surface area contributed by atoms with Crippen molar-refractivity contribution in [2.75, 3.05) is 46.8 Å². The average molecular weight is 277 g/mol. The van der Waals surface area contributed by atoms with Crippen LogP contribution in [0.4, 0.5) is 0 Å². The molecular formula is C13H27NO5. The van der Waals surface area contributed by atoms with E-state index in [2.05, 4.69) is 4.74 Å². The van der Waals surface area contributed by atoms with Crippen LogP contribution in [-0.4, -0.2) is 59.3 Å². The first kappa shape index (κ1) is 18.3. The minimum absolute atomic E-state index is 0.0892. The predicted octanol–water partition coefficient (Wildman–Crippen LogP) is 0.727. The van der Waals surface area contributed by atoms with Gasteiger partial charge < -0.3 is 24.7 Å². The summed E-state index contributed by atoms with van der Waals surface area (Å²) in [7, 11) is 1.69. The minimum atomic E-state index is -0.0892. The number of hydrogen-bond donors (Lipinski definition) is 1. The molecule has 6 heteroatoms. The Kier molecular flexibility index (Phi) is 14.8. The van der Waals surface area contributed by atoms with Gasteiger partial charge in [-0.15, -0.1) is 0 Å². The Hall–Kier alpha value is -0.690. The number of carbonyl (C=O) groups is 1. The lowest BCUT2D eigenvalue weighted by molar-refractivity contribution is -0.128. The predicted molar refractivity (Wildman–Crippen MR) is 72.0 cm³/mol. The van der Waals surface area contributed by atoms with E-state index >= 15 is 0 Å². The summed E-state index contributed by atoms with van der Waals surface area (Å²) in [6.45, 7) is 4.02. The van der Waals surface area contributed by atoms with Gasteiger partial charge in [0.05, 0.1) is 25.9 Å². The largest absolute Gasteiger partial charge is 0.468 e. The number of hydrogen-bond acceptors (Lipinski definition) is 6. The summed E-state index contributed by atoms with van der Waals surface area (Å²) in [5, 5.41) is 0. The van der Waals surface area contributed by atoms with Gasteiger partial charge in [0.1, 0.15) is 0 Å². The van der Waals surface area contributed by atoms with Crippen molar-refractivity contribution in [1.82, 2.24) is 0 Å². The zero-order valence-electron chi connectivity index (χ0n) is 11.8. The monoisotopic (exact) mass is 277 g/mol. The fraction of sp³-hybridized carbons (Fsp3) is 0.923. The maximum absolute atomic E-state index is 9.88. The number of ether oxygens (including phenoxy) is 4. The maximum atomic E-state index is 9.88. The van der Waals surface area contributed by atoms with E-state index in [1.807, 2.05) is 0 Å². The van der Waals surface area contributed by atoms with Gasteiger partial charge >= 0.3 is 0 Å². The van der Waals surface area contributed by atoms with E-state index in [-0.39, 0.29) is 6.04 Å². The lowest BCUT2D eigenvalue weighted by atomic mass is 10.3. The highest BCUT2D eigenvalue weighted by Crippen LogP contribution is 1.94. The fourth-order valence-corrected chi connectivity index (χ4v) is 1.41. The Morgan fingerprint density at radius 1 is 0.947 bits per heavy atom. The first-order valence-corrected chi connectivity index (χ1v) is 6.76. The standard InChI is InChI=1S/C13H27NO5/c1-16-6-2-3-7-17-10-13(14)11-18-8-4-5-9-19-12-15/h12-13H,2-11,14H2,1H3. The van der Waals surface area contributed by atoms with Crippen LogP contribution in [-0.2, 0) is 23.7 Å². The molecule has 1 unspecified atom stereocenters. The molecular weight excluding hydrogens is 250 g/mol. The molecule has 0 amide bonds. The maximum Gasteiger partial charge on any atom is 0.293 e. The second-order valence-electron chi connectivity index (χ2n) is 4.28. The highest BCUT2D eigenvalue weighted by atomic mass is 16.5. The van der Waals surface area contributed by atoms with Gasteiger partial charge in [-0.2, -0.15) is 0 Å². The third kappa shape index (κ3) is 15.3. The number of unbranched alkanes of at least 4 members (excludes halogenated alkanes) is 2. The molecule has 0 radical (unpaired) electrons. The van der Waals surface area contributed by atoms with Gasteiger partial charge in [0.25, 0.3) is 6.47 Å². The van der Waals surface area contributed by atoms with Crippen molar-refractivity contribution in [3.8, 4) is 0 Å². The SMILES string of the molecule is COCCCCOCC(N)COCCCCOC=O. The summed E-state index contributed by atoms with van der Waals surface area (Å²) in [6.07, 6.45) is 3.66. The summed E-state index contributed by atoms with van der Waals surface area (Å²) >= 11 is 0. The molecule has 0 aromatic rings. The molecule has 0 aliphatic heterocycles. The van der Waals surface area contributed by atoms with Gasteiger partial charge in [0.2, 0.25) is 0 Å². The molecule has 0 saturated heterocycles. The molecule has 0 saturated carbocycles. The average Bonchev–Trinajstić information content (AvgIpc) is 2.41. The summed E-state index contributed by atoms with van der Waals surface area (Å²) < 4.78 is 20.3. The summed E-state index contributed by atoms with van der Waals surface area (Å²) in [6, 6.07) is -0.0892. The van der Waals surface area contributed by atoms with Crippen LogP contribution in [0.2, 0.25) is 0 Å². The van der Waals surface area contributed by atoms with E-state index in [0.29, 0.717) is 39.5 Å². The van der Waals surface area contributed by atoms with Gasteiger partial charge in [-0.3, -0.25) is 4.79 Å². The third-order valence-corrected chi connectivity index (χ3v) is 2.42. The van der Waals surface area contributed by atoms with Gasteiger partial charge in [-0.1, -0.05) is 0 Å². The van der Waals surface area contributed by atoms with Crippen LogP contribution < -0.4 is 5.73 Å². The van der Waals surface area contributed by atoms with E-state index < -0.39 is 0 Å². The highest BCUT2D eigenvalue weighted by Gasteiger charge is 2.02. The second kappa shape index (κ2) is 15.4. The molecule has 0 spiro atoms. The first-order chi connectivity index (χ1) is 9.31. The van der Waals surface area contributed by atoms with E-state index in [1.165, 1.54) is 0 Å². The summed E-state index contributed by atoms with van der Waals surface area (Å²) in [5.41, 5.74) is 5.83. The van der Waals surface area contributed by atoms with Crippen LogP contribution >= 0.6 is 0 Å². The Balaban J connectivity index is 3.12. The van der Waals surface area contributed by atoms with E-state index in [9.17, 15) is 4.79 Å². The summed E-state index contributed by atoms with van der Waals surface area (Å²) in [5.74, 6) is 0. The van der Waals surface area contributed by atoms with Crippen LogP contribution in [0.3, 0.4) is 0 Å². The first-order valence-electron chi connectivity index (χ1n) is 6.76. The number of nitrogens with two attached hydrogens (primary N) is 1. The fourth-order valence-electron chi connectivity index (χ4n) is 1.41. The molecule has 1 atom stereocenters. The lowest BCUT2D eigenvalue weighted by Gasteiger charge is -2.12. The van der Waals surface area contributed by atoms with Crippen LogP contribution in [0.1, 0.15) is 25.7 Å². The van der Waals surface area contributed by atoms with E-state index in [0.717, 1.165) is 32.3 Å². The molecule has 0 fully saturated rings. The molecule has 0 rings (SSSR count). The Morgan fingerprint density at radius 2 is 1.47 bits per heavy atom. The molecule has 0 aliphatic rings. The molecule has 19 heavy (non-hydrogen) atoms. The molecule has 6 nitrogen and oxygen atoms in total. The van der Waals surface area contributed by atoms with Gasteiger partial charge in [0.15, 0.2) is 0 Å². The van der Waals surface area contributed by atoms with Gasteiger partial charge in [-0.25, -0.2) is 0 Å². The van der Waals surface area contributed by atoms with Crippen molar-refractivity contribution in [3.63, 3.8) is 0 Å². The summed E-state index contributed by atoms with van der Waals surface area (Å²) in [4.78, 5) is 9.88. The number of methoxy groups -OCH3 is 1. The van der Waals surface area contributed by atoms with Gasteiger partial charge in [-0.05, 0) is 25.7 Å². The van der Waals surface area contributed by atoms with Crippen molar-refractivity contribution in [3.05, 3.63) is 0 Å². The molecule has 114 valence electrons. The van der Waals surface area contributed by atoms with Crippen LogP contribution in [0.5, 0.6) is 0 Å². The van der Waals surface area contributed by atoms with Crippen molar-refractivity contribution in [2.45, 2.75) is 31.7 Å². The Morgan fingerprint density at radius 3 is 2.00 bits per heavy atom. The number of carbonyl (C=O) groups excluding carboxylic acids is 1. The molecule has 2 N–H and O–H groups in total. The highest BCUT2D eigenvalue weighted by molar-refractivity contribution is 5.36. The van der Waals surface area contributed by atoms with Crippen molar-refractivity contribution >= 4 is 6.47 Å². The zero-order valence-corrected chi connectivity index (χ0v) is 11.8. The van der Waals surface area contributed by atoms with Crippen LogP contribution in [0.25, 0.3) is 0 Å². The molecule has 0 heterocycles. The molecule has 0 aromatic heterocycles. The normalized spacial score (nSPS) is 12.3. The van der Waals surface area contributed by atoms with E-state index in [1.54, 1.807) is 7.11 Å². The Bertz CT molecular complexity index is 192. The lowest BCUT2D eigenvalue weighted by Crippen LogP contribution is -2.31. The Labute approximate surface area is 115 Å². The zero-order chi connectivity index (χ0) is 14.2. The molecule has 0 bridgehead atoms. The van der Waals surface area contributed by atoms with Crippen molar-refractivity contribution < 1.29 is 23.7 Å². The van der Waals surface area contributed by atoms with Crippen LogP contribution in [0, 0.1) is 0 Å². The third-order valence-electron chi connectivity index (χ3n) is 2.42. The quantitative estimate of drug-likeness (QED) is 0.351. The topological polar surface area (TPSA) is 80.0 Å². The minimum Gasteiger partial charge on any atom is -0.468 e. The number of rotatable bonds is 15. The molecule has 0 aliphatic carbocycles. The second-order valence-corrected chi connectivity index (χ2v) is 4.28. The van der Waals surface area contributed by atoms with Crippen LogP contribution in [0.15, 0.2) is 0 Å².